The molecule has 264 valence electrons. The van der Waals surface area contributed by atoms with Crippen molar-refractivity contribution in [2.45, 2.75) is 0 Å². The maximum absolute atomic E-state index is 7.17. The first-order valence-electron chi connectivity index (χ1n) is 15.9. The molecule has 7 rings (SSSR count). The van der Waals surface area contributed by atoms with Crippen molar-refractivity contribution in [2.75, 3.05) is 0 Å². The molecule has 1 heterocycles. The van der Waals surface area contributed by atoms with Gasteiger partial charge in [-0.25, -0.2) is 11.0 Å². The third kappa shape index (κ3) is 9.24. The third-order valence-corrected chi connectivity index (χ3v) is 17.3. The van der Waals surface area contributed by atoms with Crippen molar-refractivity contribution < 1.29 is 27.1 Å². The quantitative estimate of drug-likeness (QED) is 0.116. The third-order valence-electron chi connectivity index (χ3n) is 6.80. The molecule has 0 aliphatic carbocycles. The van der Waals surface area contributed by atoms with E-state index in [0.29, 0.717) is 34.5 Å². The SMILES string of the molecule is NP1(Oc2ccccc2)=NP(N)(Oc2ccccc2)=NP(Oc2ccccc2)(Oc2ccccc2)=NP(Oc2ccccc2)(Oc2ccccc2)=N1. The minimum Gasteiger partial charge on any atom is -0.431 e. The maximum Gasteiger partial charge on any atom is 0.459 e. The largest absolute Gasteiger partial charge is 0.459 e. The van der Waals surface area contributed by atoms with Gasteiger partial charge in [0.25, 0.3) is 0 Å². The van der Waals surface area contributed by atoms with Crippen LogP contribution in [0.25, 0.3) is 0 Å². The van der Waals surface area contributed by atoms with E-state index in [1.165, 1.54) is 0 Å². The van der Waals surface area contributed by atoms with E-state index >= 15 is 0 Å². The van der Waals surface area contributed by atoms with Crippen molar-refractivity contribution in [2.24, 2.45) is 29.1 Å². The summed E-state index contributed by atoms with van der Waals surface area (Å²) in [6, 6.07) is 53.7. The lowest BCUT2D eigenvalue weighted by molar-refractivity contribution is 0.460. The van der Waals surface area contributed by atoms with Gasteiger partial charge in [-0.05, 0) is 72.8 Å². The first-order valence-corrected chi connectivity index (χ1v) is 22.3. The maximum atomic E-state index is 7.17. The molecule has 16 heteroatoms. The van der Waals surface area contributed by atoms with E-state index in [9.17, 15) is 0 Å². The molecule has 0 saturated carbocycles. The van der Waals surface area contributed by atoms with Crippen molar-refractivity contribution in [3.63, 3.8) is 0 Å². The summed E-state index contributed by atoms with van der Waals surface area (Å²) in [5, 5.41) is 0. The fraction of sp³-hybridized carbons (Fsp3) is 0. The van der Waals surface area contributed by atoms with Crippen LogP contribution in [0.4, 0.5) is 0 Å². The van der Waals surface area contributed by atoms with Crippen LogP contribution in [-0.4, -0.2) is 0 Å². The molecular formula is C36H34N6O6P4. The average Bonchev–Trinajstić information content (AvgIpc) is 3.13. The zero-order valence-corrected chi connectivity index (χ0v) is 31.1. The predicted octanol–water partition coefficient (Wildman–Crippen LogP) is 12.2. The molecule has 0 radical (unpaired) electrons. The summed E-state index contributed by atoms with van der Waals surface area (Å²) in [7, 11) is -16.2. The van der Waals surface area contributed by atoms with Gasteiger partial charge < -0.3 is 27.1 Å². The van der Waals surface area contributed by atoms with Crippen LogP contribution in [0.5, 0.6) is 34.5 Å². The van der Waals surface area contributed by atoms with Gasteiger partial charge in [0.05, 0.1) is 0 Å². The monoisotopic (exact) mass is 770 g/mol. The second kappa shape index (κ2) is 15.7. The minimum atomic E-state index is -4.13. The molecule has 6 aromatic carbocycles. The fourth-order valence-electron chi connectivity index (χ4n) is 4.73. The van der Waals surface area contributed by atoms with Crippen LogP contribution in [0.3, 0.4) is 0 Å². The molecule has 0 amide bonds. The van der Waals surface area contributed by atoms with Gasteiger partial charge in [0.15, 0.2) is 0 Å². The smallest absolute Gasteiger partial charge is 0.431 e. The highest BCUT2D eigenvalue weighted by Gasteiger charge is 2.44. The normalized spacial score (nSPS) is 20.0. The molecule has 2 atom stereocenters. The van der Waals surface area contributed by atoms with E-state index in [-0.39, 0.29) is 0 Å². The first kappa shape index (κ1) is 35.4. The van der Waals surface area contributed by atoms with Gasteiger partial charge in [-0.15, -0.1) is 13.5 Å². The minimum absolute atomic E-state index is 0.373. The molecular weight excluding hydrogens is 736 g/mol. The topological polar surface area (TPSA) is 157 Å². The molecule has 1 aliphatic rings. The number of benzene rings is 6. The number of rotatable bonds is 12. The summed E-state index contributed by atoms with van der Waals surface area (Å²) in [5.74, 6) is 2.24. The van der Waals surface area contributed by atoms with E-state index in [0.717, 1.165) is 0 Å². The fourth-order valence-corrected chi connectivity index (χ4v) is 16.1. The molecule has 2 unspecified atom stereocenters. The standard InChI is InChI=1S/C36H34N6O6P4/c37-49(43-31-19-7-1-8-20-31)39-50(38,44-32-21-9-2-10-22-32)41-52(47-35-27-15-5-16-28-35,48-36-29-17-6-18-30-36)42-51(40-49,45-33-23-11-3-12-24-33)46-34-25-13-4-14-26-34/h1-30H,37-38H2. The van der Waals surface area contributed by atoms with Gasteiger partial charge >= 0.3 is 30.5 Å². The molecule has 0 saturated heterocycles. The van der Waals surface area contributed by atoms with Crippen LogP contribution in [-0.2, 0) is 0 Å². The Kier molecular flexibility index (Phi) is 10.7. The Morgan fingerprint density at radius 2 is 0.500 bits per heavy atom. The van der Waals surface area contributed by atoms with E-state index in [1.807, 2.05) is 84.9 Å². The Balaban J connectivity index is 1.58. The van der Waals surface area contributed by atoms with Crippen LogP contribution in [0.15, 0.2) is 200 Å². The molecule has 0 bridgehead atoms. The summed E-state index contributed by atoms with van der Waals surface area (Å²) in [6.07, 6.45) is 0. The zero-order chi connectivity index (χ0) is 35.7. The van der Waals surface area contributed by atoms with Gasteiger partial charge in [-0.1, -0.05) is 114 Å². The average molecular weight is 771 g/mol. The molecule has 6 aromatic rings. The summed E-state index contributed by atoms with van der Waals surface area (Å²) in [4.78, 5) is 0. The lowest BCUT2D eigenvalue weighted by Gasteiger charge is -2.31. The summed E-state index contributed by atoms with van der Waals surface area (Å²) >= 11 is 0. The van der Waals surface area contributed by atoms with E-state index < -0.39 is 30.5 Å². The van der Waals surface area contributed by atoms with E-state index in [4.69, 9.17) is 56.2 Å². The van der Waals surface area contributed by atoms with Gasteiger partial charge in [0.1, 0.15) is 34.5 Å². The first-order chi connectivity index (χ1) is 25.3. The Morgan fingerprint density at radius 3 is 0.788 bits per heavy atom. The van der Waals surface area contributed by atoms with Crippen LogP contribution in [0, 0.1) is 0 Å². The molecule has 0 fully saturated rings. The number of para-hydroxylation sites is 6. The van der Waals surface area contributed by atoms with Crippen LogP contribution in [0.1, 0.15) is 0 Å². The Hall–Kier alpha value is -5.04. The van der Waals surface area contributed by atoms with Gasteiger partial charge in [-0.3, -0.25) is 0 Å². The van der Waals surface area contributed by atoms with Crippen LogP contribution >= 0.6 is 30.5 Å². The Morgan fingerprint density at radius 1 is 0.269 bits per heavy atom. The van der Waals surface area contributed by atoms with Crippen LogP contribution in [0.2, 0.25) is 0 Å². The lowest BCUT2D eigenvalue weighted by Crippen LogP contribution is -2.12. The highest BCUT2D eigenvalue weighted by molar-refractivity contribution is 7.80. The molecule has 1 aliphatic heterocycles. The van der Waals surface area contributed by atoms with Gasteiger partial charge in [-0.2, -0.15) is 0 Å². The summed E-state index contributed by atoms with van der Waals surface area (Å²) in [6.45, 7) is 0. The van der Waals surface area contributed by atoms with Crippen molar-refractivity contribution >= 4 is 30.5 Å². The predicted molar refractivity (Wildman–Crippen MR) is 208 cm³/mol. The summed E-state index contributed by atoms with van der Waals surface area (Å²) < 4.78 is 60.1. The second-order valence-corrected chi connectivity index (χ2v) is 19.2. The Labute approximate surface area is 302 Å². The molecule has 52 heavy (non-hydrogen) atoms. The highest BCUT2D eigenvalue weighted by Crippen LogP contribution is 2.76. The van der Waals surface area contributed by atoms with Crippen molar-refractivity contribution in [1.82, 2.24) is 0 Å². The number of nitrogens with two attached hydrogens (primary N) is 2. The number of hydrogen-bond donors (Lipinski definition) is 2. The molecule has 12 nitrogen and oxygen atoms in total. The van der Waals surface area contributed by atoms with Gasteiger partial charge in [0, 0.05) is 0 Å². The summed E-state index contributed by atoms with van der Waals surface area (Å²) in [5.41, 5.74) is 14.3. The lowest BCUT2D eigenvalue weighted by atomic mass is 10.3. The second-order valence-electron chi connectivity index (χ2n) is 10.9. The Bertz CT molecular complexity index is 2100. The molecule has 0 aromatic heterocycles. The van der Waals surface area contributed by atoms with Gasteiger partial charge in [0.2, 0.25) is 0 Å². The molecule has 0 spiro atoms. The van der Waals surface area contributed by atoms with Crippen molar-refractivity contribution in [1.29, 1.82) is 0 Å². The number of nitrogens with zero attached hydrogens (tertiary/aromatic N) is 4. The zero-order valence-electron chi connectivity index (χ0n) is 27.5. The molecule has 4 N–H and O–H groups in total. The van der Waals surface area contributed by atoms with E-state index in [2.05, 4.69) is 0 Å². The number of hydrogen-bond acceptors (Lipinski definition) is 12. The van der Waals surface area contributed by atoms with E-state index in [1.54, 1.807) is 97.1 Å². The highest BCUT2D eigenvalue weighted by atomic mass is 31.3. The van der Waals surface area contributed by atoms with Crippen LogP contribution < -0.4 is 38.2 Å². The van der Waals surface area contributed by atoms with Crippen molar-refractivity contribution in [3.05, 3.63) is 182 Å². The van der Waals surface area contributed by atoms with Crippen molar-refractivity contribution in [3.8, 4) is 34.5 Å².